The molecular weight excluding hydrogens is 320 g/mol. The average molecular weight is 340 g/mol. The van der Waals surface area contributed by atoms with Crippen LogP contribution in [0.15, 0.2) is 53.4 Å². The van der Waals surface area contributed by atoms with Gasteiger partial charge in [-0.15, -0.1) is 11.8 Å². The molecule has 0 aromatic heterocycles. The third-order valence-electron chi connectivity index (χ3n) is 4.01. The minimum atomic E-state index is -0.116. The van der Waals surface area contributed by atoms with E-state index in [1.165, 1.54) is 4.90 Å². The number of carbonyl (C=O) groups excluding carboxylic acids is 2. The predicted octanol–water partition coefficient (Wildman–Crippen LogP) is 2.73. The summed E-state index contributed by atoms with van der Waals surface area (Å²) in [4.78, 5) is 25.6. The van der Waals surface area contributed by atoms with Crippen molar-refractivity contribution in [1.82, 2.24) is 10.6 Å². The van der Waals surface area contributed by atoms with Gasteiger partial charge in [-0.3, -0.25) is 9.59 Å². The van der Waals surface area contributed by atoms with Crippen LogP contribution in [0, 0.1) is 6.92 Å². The van der Waals surface area contributed by atoms with Gasteiger partial charge in [-0.1, -0.05) is 35.9 Å². The van der Waals surface area contributed by atoms with Crippen LogP contribution < -0.4 is 10.6 Å². The number of hydrogen-bond donors (Lipinski definition) is 2. The maximum Gasteiger partial charge on any atom is 0.251 e. The fourth-order valence-corrected chi connectivity index (χ4v) is 3.98. The highest BCUT2D eigenvalue weighted by atomic mass is 32.2. The summed E-state index contributed by atoms with van der Waals surface area (Å²) in [5.41, 5.74) is 2.79. The van der Waals surface area contributed by atoms with Crippen LogP contribution in [0.2, 0.25) is 0 Å². The number of thioether (sulfide) groups is 1. The summed E-state index contributed by atoms with van der Waals surface area (Å²) in [5.74, 6) is 0.589. The van der Waals surface area contributed by atoms with Crippen molar-refractivity contribution in [3.05, 3.63) is 65.2 Å². The number of nitrogens with one attached hydrogen (secondary N) is 2. The molecule has 4 nitrogen and oxygen atoms in total. The monoisotopic (exact) mass is 340 g/mol. The minimum absolute atomic E-state index is 0.0252. The van der Waals surface area contributed by atoms with E-state index in [9.17, 15) is 9.59 Å². The van der Waals surface area contributed by atoms with Gasteiger partial charge in [0, 0.05) is 29.3 Å². The van der Waals surface area contributed by atoms with Gasteiger partial charge >= 0.3 is 0 Å². The standard InChI is InChI=1S/C19H20N2O2S/c1-13-5-4-6-14(11-13)18(22)20-9-10-21-19(23)16-12-24-17-8-3-2-7-15(16)17/h2-8,11,16H,9-10,12H2,1H3,(H,20,22)(H,21,23)/t16-/m1/s1. The van der Waals surface area contributed by atoms with Crippen molar-refractivity contribution in [2.45, 2.75) is 17.7 Å². The smallest absolute Gasteiger partial charge is 0.251 e. The van der Waals surface area contributed by atoms with Crippen LogP contribution in [0.4, 0.5) is 0 Å². The fraction of sp³-hybridized carbons (Fsp3) is 0.263. The Hall–Kier alpha value is -2.27. The Morgan fingerprint density at radius 2 is 1.88 bits per heavy atom. The third-order valence-corrected chi connectivity index (χ3v) is 5.19. The highest BCUT2D eigenvalue weighted by Crippen LogP contribution is 2.39. The summed E-state index contributed by atoms with van der Waals surface area (Å²) in [6.45, 7) is 2.80. The van der Waals surface area contributed by atoms with E-state index in [0.717, 1.165) is 16.9 Å². The van der Waals surface area contributed by atoms with Crippen LogP contribution in [0.3, 0.4) is 0 Å². The van der Waals surface area contributed by atoms with Crippen molar-refractivity contribution in [2.24, 2.45) is 0 Å². The zero-order valence-corrected chi connectivity index (χ0v) is 14.4. The summed E-state index contributed by atoms with van der Waals surface area (Å²) in [7, 11) is 0. The second-order valence-electron chi connectivity index (χ2n) is 5.82. The zero-order chi connectivity index (χ0) is 16.9. The summed E-state index contributed by atoms with van der Waals surface area (Å²) in [5, 5.41) is 5.75. The SMILES string of the molecule is Cc1cccc(C(=O)NCCNC(=O)[C@@H]2CSc3ccccc32)c1. The largest absolute Gasteiger partial charge is 0.354 e. The van der Waals surface area contributed by atoms with E-state index < -0.39 is 0 Å². The lowest BCUT2D eigenvalue weighted by atomic mass is 10.0. The number of carbonyl (C=O) groups is 2. The molecule has 24 heavy (non-hydrogen) atoms. The van der Waals surface area contributed by atoms with E-state index in [1.54, 1.807) is 17.8 Å². The molecule has 5 heteroatoms. The average Bonchev–Trinajstić information content (AvgIpc) is 3.02. The molecule has 1 aliphatic heterocycles. The van der Waals surface area contributed by atoms with Crippen LogP contribution >= 0.6 is 11.8 Å². The lowest BCUT2D eigenvalue weighted by molar-refractivity contribution is -0.122. The van der Waals surface area contributed by atoms with Crippen LogP contribution in [0.5, 0.6) is 0 Å². The number of aryl methyl sites for hydroxylation is 1. The van der Waals surface area contributed by atoms with E-state index >= 15 is 0 Å². The molecule has 0 fully saturated rings. The summed E-state index contributed by atoms with van der Waals surface area (Å²) >= 11 is 1.72. The first-order valence-corrected chi connectivity index (χ1v) is 8.98. The normalized spacial score (nSPS) is 15.6. The van der Waals surface area contributed by atoms with Crippen molar-refractivity contribution in [2.75, 3.05) is 18.8 Å². The van der Waals surface area contributed by atoms with Crippen molar-refractivity contribution in [1.29, 1.82) is 0 Å². The van der Waals surface area contributed by atoms with Gasteiger partial charge in [-0.05, 0) is 30.7 Å². The first-order chi connectivity index (χ1) is 11.6. The molecule has 1 atom stereocenters. The predicted molar refractivity (Wildman–Crippen MR) is 96.4 cm³/mol. The van der Waals surface area contributed by atoms with Crippen molar-refractivity contribution < 1.29 is 9.59 Å². The lowest BCUT2D eigenvalue weighted by Crippen LogP contribution is -2.37. The topological polar surface area (TPSA) is 58.2 Å². The molecule has 2 aromatic carbocycles. The molecule has 2 aromatic rings. The van der Waals surface area contributed by atoms with Gasteiger partial charge in [-0.25, -0.2) is 0 Å². The van der Waals surface area contributed by atoms with Crippen molar-refractivity contribution in [3.8, 4) is 0 Å². The Labute approximate surface area is 146 Å². The molecular formula is C19H20N2O2S. The zero-order valence-electron chi connectivity index (χ0n) is 13.5. The second kappa shape index (κ2) is 7.53. The molecule has 1 aliphatic rings. The number of hydrogen-bond acceptors (Lipinski definition) is 3. The maximum absolute atomic E-state index is 12.3. The third kappa shape index (κ3) is 3.79. The quantitative estimate of drug-likeness (QED) is 0.823. The van der Waals surface area contributed by atoms with Crippen molar-refractivity contribution in [3.63, 3.8) is 0 Å². The highest BCUT2D eigenvalue weighted by molar-refractivity contribution is 7.99. The molecule has 3 rings (SSSR count). The highest BCUT2D eigenvalue weighted by Gasteiger charge is 2.28. The van der Waals surface area contributed by atoms with Gasteiger partial charge < -0.3 is 10.6 Å². The molecule has 0 aliphatic carbocycles. The van der Waals surface area contributed by atoms with Gasteiger partial charge in [0.25, 0.3) is 5.91 Å². The number of rotatable bonds is 5. The molecule has 0 unspecified atom stereocenters. The van der Waals surface area contributed by atoms with Crippen molar-refractivity contribution >= 4 is 23.6 Å². The van der Waals surface area contributed by atoms with Gasteiger partial charge in [0.1, 0.15) is 0 Å². The summed E-state index contributed by atoms with van der Waals surface area (Å²) < 4.78 is 0. The van der Waals surface area contributed by atoms with Crippen LogP contribution in [0.1, 0.15) is 27.4 Å². The summed E-state index contributed by atoms with van der Waals surface area (Å²) in [6.07, 6.45) is 0. The fourth-order valence-electron chi connectivity index (χ4n) is 2.75. The van der Waals surface area contributed by atoms with Gasteiger partial charge in [0.05, 0.1) is 5.92 Å². The molecule has 0 spiro atoms. The second-order valence-corrected chi connectivity index (χ2v) is 6.88. The molecule has 0 saturated heterocycles. The maximum atomic E-state index is 12.3. The Morgan fingerprint density at radius 1 is 1.08 bits per heavy atom. The Kier molecular flexibility index (Phi) is 5.20. The minimum Gasteiger partial charge on any atom is -0.354 e. The summed E-state index contributed by atoms with van der Waals surface area (Å²) in [6, 6.07) is 15.5. The first-order valence-electron chi connectivity index (χ1n) is 7.99. The van der Waals surface area contributed by atoms with E-state index in [-0.39, 0.29) is 17.7 Å². The van der Waals surface area contributed by atoms with E-state index in [4.69, 9.17) is 0 Å². The van der Waals surface area contributed by atoms with Crippen LogP contribution in [-0.2, 0) is 4.79 Å². The Balaban J connectivity index is 1.46. The molecule has 0 radical (unpaired) electrons. The molecule has 124 valence electrons. The lowest BCUT2D eigenvalue weighted by Gasteiger charge is -2.12. The van der Waals surface area contributed by atoms with Gasteiger partial charge in [0.2, 0.25) is 5.91 Å². The molecule has 2 N–H and O–H groups in total. The molecule has 0 bridgehead atoms. The van der Waals surface area contributed by atoms with Gasteiger partial charge in [-0.2, -0.15) is 0 Å². The van der Waals surface area contributed by atoms with Gasteiger partial charge in [0.15, 0.2) is 0 Å². The number of amides is 2. The van der Waals surface area contributed by atoms with Crippen LogP contribution in [-0.4, -0.2) is 30.7 Å². The van der Waals surface area contributed by atoms with Crippen LogP contribution in [0.25, 0.3) is 0 Å². The number of fused-ring (bicyclic) bond motifs is 1. The Bertz CT molecular complexity index is 761. The molecule has 2 amide bonds. The molecule has 1 heterocycles. The Morgan fingerprint density at radius 3 is 2.71 bits per heavy atom. The van der Waals surface area contributed by atoms with E-state index in [1.807, 2.05) is 43.3 Å². The van der Waals surface area contributed by atoms with E-state index in [0.29, 0.717) is 18.7 Å². The van der Waals surface area contributed by atoms with E-state index in [2.05, 4.69) is 16.7 Å². The number of benzene rings is 2. The molecule has 0 saturated carbocycles. The first kappa shape index (κ1) is 16.6.